The molecule has 3 rings (SSSR count). The van der Waals surface area contributed by atoms with E-state index in [4.69, 9.17) is 4.74 Å². The summed E-state index contributed by atoms with van der Waals surface area (Å²) < 4.78 is 7.05. The number of methoxy groups -OCH3 is 1. The van der Waals surface area contributed by atoms with Crippen LogP contribution in [0.1, 0.15) is 16.7 Å². The average molecular weight is 308 g/mol. The van der Waals surface area contributed by atoms with Gasteiger partial charge in [0.25, 0.3) is 0 Å². The van der Waals surface area contributed by atoms with Crippen LogP contribution < -0.4 is 10.1 Å². The summed E-state index contributed by atoms with van der Waals surface area (Å²) in [6, 6.07) is 12.2. The zero-order chi connectivity index (χ0) is 16.1. The smallest absolute Gasteiger partial charge is 0.153 e. The first kappa shape index (κ1) is 15.2. The van der Waals surface area contributed by atoms with E-state index in [1.165, 1.54) is 11.1 Å². The lowest BCUT2D eigenvalue weighted by molar-refractivity contribution is 0.411. The lowest BCUT2D eigenvalue weighted by Gasteiger charge is -2.09. The zero-order valence-corrected chi connectivity index (χ0v) is 13.4. The van der Waals surface area contributed by atoms with Crippen LogP contribution >= 0.6 is 0 Å². The molecule has 0 atom stereocenters. The Hall–Kier alpha value is -2.66. The van der Waals surface area contributed by atoms with Crippen LogP contribution in [0.15, 0.2) is 55.0 Å². The maximum atomic E-state index is 5.29. The zero-order valence-electron chi connectivity index (χ0n) is 13.4. The van der Waals surface area contributed by atoms with Crippen LogP contribution in [-0.4, -0.2) is 21.9 Å². The van der Waals surface area contributed by atoms with Gasteiger partial charge in [-0.15, -0.1) is 0 Å². The van der Waals surface area contributed by atoms with Crippen molar-refractivity contribution in [2.24, 2.45) is 0 Å². The second kappa shape index (κ2) is 7.07. The fourth-order valence-electron chi connectivity index (χ4n) is 2.50. The molecule has 2 aromatic heterocycles. The van der Waals surface area contributed by atoms with Gasteiger partial charge in [0.2, 0.25) is 0 Å². The van der Waals surface area contributed by atoms with E-state index in [0.717, 1.165) is 30.2 Å². The minimum absolute atomic E-state index is 0.780. The van der Waals surface area contributed by atoms with Gasteiger partial charge in [-0.05, 0) is 47.9 Å². The fraction of sp³-hybridized carbons (Fsp3) is 0.222. The van der Waals surface area contributed by atoms with Gasteiger partial charge in [-0.1, -0.05) is 12.1 Å². The molecule has 5 heteroatoms. The van der Waals surface area contributed by atoms with Crippen molar-refractivity contribution in [3.05, 3.63) is 71.7 Å². The molecule has 0 radical (unpaired) electrons. The van der Waals surface area contributed by atoms with Crippen LogP contribution in [0.4, 0.5) is 0 Å². The molecule has 0 aliphatic carbocycles. The summed E-state index contributed by atoms with van der Waals surface area (Å²) in [6.45, 7) is 3.65. The minimum atomic E-state index is 0.780. The monoisotopic (exact) mass is 308 g/mol. The van der Waals surface area contributed by atoms with Crippen LogP contribution in [0.3, 0.4) is 0 Å². The van der Waals surface area contributed by atoms with Crippen molar-refractivity contribution in [1.29, 1.82) is 0 Å². The van der Waals surface area contributed by atoms with Crippen molar-refractivity contribution >= 4 is 0 Å². The Morgan fingerprint density at radius 1 is 1.09 bits per heavy atom. The molecule has 0 aliphatic rings. The second-order valence-electron chi connectivity index (χ2n) is 5.38. The highest BCUT2D eigenvalue weighted by Gasteiger charge is 2.02. The molecule has 5 nitrogen and oxygen atoms in total. The van der Waals surface area contributed by atoms with Crippen LogP contribution in [-0.2, 0) is 13.1 Å². The number of hydrogen-bond acceptors (Lipinski definition) is 4. The maximum Gasteiger partial charge on any atom is 0.153 e. The van der Waals surface area contributed by atoms with E-state index in [-0.39, 0.29) is 0 Å². The number of benzene rings is 1. The molecule has 1 N–H and O–H groups in total. The van der Waals surface area contributed by atoms with E-state index in [0.29, 0.717) is 0 Å². The third kappa shape index (κ3) is 3.76. The van der Waals surface area contributed by atoms with E-state index in [1.54, 1.807) is 18.0 Å². The Balaban J connectivity index is 1.61. The summed E-state index contributed by atoms with van der Waals surface area (Å²) >= 11 is 0. The fourth-order valence-corrected chi connectivity index (χ4v) is 2.50. The standard InChI is InChI=1S/C18H20N4O/c1-14-10-15(4-5-17(14)23-2)12-19-13-16-6-8-20-18(11-16)22-9-3-7-21-22/h3-11,19H,12-13H2,1-2H3. The number of aromatic nitrogens is 3. The molecule has 0 amide bonds. The Labute approximate surface area is 135 Å². The molecule has 2 heterocycles. The number of rotatable bonds is 6. The van der Waals surface area contributed by atoms with Crippen molar-refractivity contribution in [3.8, 4) is 11.6 Å². The SMILES string of the molecule is COc1ccc(CNCc2ccnc(-n3cccn3)c2)cc1C. The number of ether oxygens (including phenoxy) is 1. The first-order chi connectivity index (χ1) is 11.3. The Bertz CT molecular complexity index is 768. The quantitative estimate of drug-likeness (QED) is 0.761. The highest BCUT2D eigenvalue weighted by Crippen LogP contribution is 2.18. The summed E-state index contributed by atoms with van der Waals surface area (Å²) in [5, 5.41) is 7.66. The third-order valence-corrected chi connectivity index (χ3v) is 3.67. The van der Waals surface area contributed by atoms with E-state index in [9.17, 15) is 0 Å². The van der Waals surface area contributed by atoms with Gasteiger partial charge in [-0.25, -0.2) is 9.67 Å². The predicted octanol–water partition coefficient (Wildman–Crippen LogP) is 2.87. The summed E-state index contributed by atoms with van der Waals surface area (Å²) in [6.07, 6.45) is 5.45. The Kier molecular flexibility index (Phi) is 4.68. The summed E-state index contributed by atoms with van der Waals surface area (Å²) in [5.74, 6) is 1.75. The molecule has 3 aromatic rings. The van der Waals surface area contributed by atoms with Crippen LogP contribution in [0, 0.1) is 6.92 Å². The van der Waals surface area contributed by atoms with Gasteiger partial charge in [-0.3, -0.25) is 0 Å². The van der Waals surface area contributed by atoms with Crippen LogP contribution in [0.25, 0.3) is 5.82 Å². The normalized spacial score (nSPS) is 10.7. The lowest BCUT2D eigenvalue weighted by atomic mass is 10.1. The molecule has 23 heavy (non-hydrogen) atoms. The van der Waals surface area contributed by atoms with Gasteiger partial charge in [-0.2, -0.15) is 5.10 Å². The van der Waals surface area contributed by atoms with Crippen LogP contribution in [0.5, 0.6) is 5.75 Å². The lowest BCUT2D eigenvalue weighted by Crippen LogP contribution is -2.13. The highest BCUT2D eigenvalue weighted by molar-refractivity contribution is 5.36. The molecule has 0 aliphatic heterocycles. The third-order valence-electron chi connectivity index (χ3n) is 3.67. The van der Waals surface area contributed by atoms with E-state index >= 15 is 0 Å². The Morgan fingerprint density at radius 2 is 1.91 bits per heavy atom. The maximum absolute atomic E-state index is 5.29. The molecule has 0 spiro atoms. The van der Waals surface area contributed by atoms with Crippen LogP contribution in [0.2, 0.25) is 0 Å². The molecular formula is C18H20N4O. The van der Waals surface area contributed by atoms with Crippen molar-refractivity contribution in [2.75, 3.05) is 7.11 Å². The average Bonchev–Trinajstić information content (AvgIpc) is 3.10. The number of aryl methyl sites for hydroxylation is 1. The minimum Gasteiger partial charge on any atom is -0.496 e. The predicted molar refractivity (Wildman–Crippen MR) is 89.6 cm³/mol. The summed E-state index contributed by atoms with van der Waals surface area (Å²) in [4.78, 5) is 4.34. The molecule has 0 bridgehead atoms. The van der Waals surface area contributed by atoms with E-state index in [2.05, 4.69) is 34.5 Å². The summed E-state index contributed by atoms with van der Waals surface area (Å²) in [5.41, 5.74) is 3.57. The first-order valence-corrected chi connectivity index (χ1v) is 7.55. The van der Waals surface area contributed by atoms with Crippen molar-refractivity contribution in [2.45, 2.75) is 20.0 Å². The molecule has 1 aromatic carbocycles. The topological polar surface area (TPSA) is 52.0 Å². The van der Waals surface area contributed by atoms with Gasteiger partial charge >= 0.3 is 0 Å². The number of hydrogen-bond donors (Lipinski definition) is 1. The number of nitrogens with zero attached hydrogens (tertiary/aromatic N) is 3. The van der Waals surface area contributed by atoms with Crippen molar-refractivity contribution in [1.82, 2.24) is 20.1 Å². The second-order valence-corrected chi connectivity index (χ2v) is 5.38. The molecule has 0 saturated heterocycles. The van der Waals surface area contributed by atoms with Gasteiger partial charge in [0, 0.05) is 31.7 Å². The largest absolute Gasteiger partial charge is 0.496 e. The Morgan fingerprint density at radius 3 is 2.61 bits per heavy atom. The molecule has 0 fully saturated rings. The number of pyridine rings is 1. The van der Waals surface area contributed by atoms with Gasteiger partial charge in [0.15, 0.2) is 5.82 Å². The number of nitrogens with one attached hydrogen (secondary N) is 1. The molecule has 118 valence electrons. The first-order valence-electron chi connectivity index (χ1n) is 7.55. The highest BCUT2D eigenvalue weighted by atomic mass is 16.5. The van der Waals surface area contributed by atoms with Gasteiger partial charge in [0.05, 0.1) is 7.11 Å². The van der Waals surface area contributed by atoms with Gasteiger partial charge in [0.1, 0.15) is 5.75 Å². The molecule has 0 saturated carbocycles. The molecule has 0 unspecified atom stereocenters. The summed E-state index contributed by atoms with van der Waals surface area (Å²) in [7, 11) is 1.70. The van der Waals surface area contributed by atoms with Crippen molar-refractivity contribution < 1.29 is 4.74 Å². The van der Waals surface area contributed by atoms with E-state index in [1.807, 2.05) is 36.7 Å². The van der Waals surface area contributed by atoms with Crippen molar-refractivity contribution in [3.63, 3.8) is 0 Å². The van der Waals surface area contributed by atoms with E-state index < -0.39 is 0 Å². The van der Waals surface area contributed by atoms with Gasteiger partial charge < -0.3 is 10.1 Å². The molecular weight excluding hydrogens is 288 g/mol.